The second-order valence-electron chi connectivity index (χ2n) is 15.0. The molecule has 2 aromatic heterocycles. The predicted octanol–water partition coefficient (Wildman–Crippen LogP) is 14.1. The van der Waals surface area contributed by atoms with Crippen LogP contribution in [-0.4, -0.2) is 16.1 Å². The summed E-state index contributed by atoms with van der Waals surface area (Å²) in [6.07, 6.45) is 10.3. The van der Waals surface area contributed by atoms with Crippen molar-refractivity contribution in [3.8, 4) is 39.5 Å². The molecule has 1 aliphatic heterocycles. The number of hydrogen-bond acceptors (Lipinski definition) is 6. The highest BCUT2D eigenvalue weighted by molar-refractivity contribution is 5.82. The van der Waals surface area contributed by atoms with Crippen molar-refractivity contribution in [2.24, 2.45) is 0 Å². The molecular weight excluding hydrogens is 737 g/mol. The van der Waals surface area contributed by atoms with Crippen LogP contribution in [0, 0.1) is 0 Å². The van der Waals surface area contributed by atoms with Gasteiger partial charge in [0, 0.05) is 57.4 Å². The average Bonchev–Trinajstić information content (AvgIpc) is 3.93. The van der Waals surface area contributed by atoms with Crippen LogP contribution < -0.4 is 14.5 Å². The molecule has 9 aromatic rings. The number of anilines is 6. The molecule has 6 nitrogen and oxygen atoms in total. The van der Waals surface area contributed by atoms with Crippen LogP contribution in [-0.2, 0) is 0 Å². The standard InChI is InChI=1S/C54H38N4O2/c1-3-10-42(11-4-1)57(46-30-21-39(22-31-46)41-25-34-49-48-14-7-8-16-51(48)59-52(49)36-41)44-26-17-37(18-27-44)38-19-28-45(29-20-38)58(43-12-5-2-6-13-43)47-32-23-40(24-33-47)53-56-50-15-9-35-55-54(50)60-53/h1-36,48,51H. The highest BCUT2D eigenvalue weighted by Gasteiger charge is 2.32. The molecule has 0 spiro atoms. The average molecular weight is 775 g/mol. The quantitative estimate of drug-likeness (QED) is 0.146. The fraction of sp³-hybridized carbons (Fsp3) is 0.0370. The summed E-state index contributed by atoms with van der Waals surface area (Å²) >= 11 is 0. The highest BCUT2D eigenvalue weighted by atomic mass is 16.5. The van der Waals surface area contributed by atoms with Crippen LogP contribution in [0.3, 0.4) is 0 Å². The number of hydrogen-bond donors (Lipinski definition) is 0. The molecule has 0 bridgehead atoms. The minimum atomic E-state index is 0.0829. The third-order valence-corrected chi connectivity index (χ3v) is 11.3. The topological polar surface area (TPSA) is 54.6 Å². The van der Waals surface area contributed by atoms with Crippen molar-refractivity contribution in [3.05, 3.63) is 224 Å². The Hall–Kier alpha value is -7.96. The molecule has 0 radical (unpaired) electrons. The zero-order valence-electron chi connectivity index (χ0n) is 32.5. The van der Waals surface area contributed by atoms with Crippen molar-refractivity contribution >= 4 is 45.4 Å². The molecule has 0 amide bonds. The normalized spacial score (nSPS) is 15.0. The molecule has 6 heteroatoms. The van der Waals surface area contributed by atoms with E-state index in [-0.39, 0.29) is 6.10 Å². The van der Waals surface area contributed by atoms with Gasteiger partial charge in [-0.05, 0) is 131 Å². The van der Waals surface area contributed by atoms with Gasteiger partial charge in [0.15, 0.2) is 0 Å². The van der Waals surface area contributed by atoms with Gasteiger partial charge in [-0.1, -0.05) is 103 Å². The maximum atomic E-state index is 6.31. The zero-order valence-corrected chi connectivity index (χ0v) is 32.5. The van der Waals surface area contributed by atoms with Gasteiger partial charge in [-0.2, -0.15) is 0 Å². The third kappa shape index (κ3) is 6.60. The SMILES string of the molecule is C1=CC2Oc3cc(-c4ccc(N(c5ccccc5)c5ccc(-c6ccc(N(c7ccccc7)c7ccc(-c8nc9cccnc9o8)cc7)cc6)cc5)cc4)ccc3C2C=C1. The lowest BCUT2D eigenvalue weighted by molar-refractivity contribution is 0.269. The monoisotopic (exact) mass is 774 g/mol. The Bertz CT molecular complexity index is 2960. The highest BCUT2D eigenvalue weighted by Crippen LogP contribution is 2.44. The lowest BCUT2D eigenvalue weighted by atomic mass is 9.91. The summed E-state index contributed by atoms with van der Waals surface area (Å²) in [5.41, 5.74) is 14.4. The molecule has 1 aliphatic carbocycles. The summed E-state index contributed by atoms with van der Waals surface area (Å²) in [5.74, 6) is 1.81. The molecule has 3 heterocycles. The van der Waals surface area contributed by atoms with Gasteiger partial charge in [0.05, 0.1) is 0 Å². The number of rotatable bonds is 9. The van der Waals surface area contributed by atoms with E-state index in [2.05, 4.69) is 202 Å². The first-order chi connectivity index (χ1) is 29.7. The molecule has 0 N–H and O–H groups in total. The molecular formula is C54H38N4O2. The van der Waals surface area contributed by atoms with Crippen LogP contribution in [0.25, 0.3) is 44.9 Å². The summed E-state index contributed by atoms with van der Waals surface area (Å²) in [4.78, 5) is 13.5. The van der Waals surface area contributed by atoms with Crippen molar-refractivity contribution in [2.45, 2.75) is 12.0 Å². The first-order valence-corrected chi connectivity index (χ1v) is 20.2. The Morgan fingerprint density at radius 1 is 0.433 bits per heavy atom. The third-order valence-electron chi connectivity index (χ3n) is 11.3. The van der Waals surface area contributed by atoms with Gasteiger partial charge in [-0.25, -0.2) is 9.97 Å². The Kier molecular flexibility index (Phi) is 8.86. The maximum Gasteiger partial charge on any atom is 0.247 e. The van der Waals surface area contributed by atoms with Crippen molar-refractivity contribution in [3.63, 3.8) is 0 Å². The predicted molar refractivity (Wildman–Crippen MR) is 243 cm³/mol. The van der Waals surface area contributed by atoms with Crippen molar-refractivity contribution in [1.82, 2.24) is 9.97 Å². The largest absolute Gasteiger partial charge is 0.485 e. The molecule has 286 valence electrons. The number of nitrogens with zero attached hydrogens (tertiary/aromatic N) is 4. The van der Waals surface area contributed by atoms with Gasteiger partial charge in [-0.15, -0.1) is 0 Å². The zero-order chi connectivity index (χ0) is 39.8. The Labute approximate surface area is 348 Å². The maximum absolute atomic E-state index is 6.31. The van der Waals surface area contributed by atoms with Crippen molar-refractivity contribution < 1.29 is 9.15 Å². The van der Waals surface area contributed by atoms with E-state index in [9.17, 15) is 0 Å². The fourth-order valence-electron chi connectivity index (χ4n) is 8.32. The van der Waals surface area contributed by atoms with Gasteiger partial charge >= 0.3 is 0 Å². The number of aromatic nitrogens is 2. The summed E-state index contributed by atoms with van der Waals surface area (Å²) in [6.45, 7) is 0. The second-order valence-corrected chi connectivity index (χ2v) is 15.0. The number of ether oxygens (including phenoxy) is 1. The lowest BCUT2D eigenvalue weighted by Gasteiger charge is -2.26. The van der Waals surface area contributed by atoms with Crippen LogP contribution in [0.15, 0.2) is 223 Å². The van der Waals surface area contributed by atoms with Crippen LogP contribution in [0.4, 0.5) is 34.1 Å². The number of para-hydroxylation sites is 2. The number of allylic oxidation sites excluding steroid dienone is 2. The number of fused-ring (bicyclic) bond motifs is 4. The van der Waals surface area contributed by atoms with Crippen molar-refractivity contribution in [1.29, 1.82) is 0 Å². The van der Waals surface area contributed by atoms with Gasteiger partial charge in [-0.3, -0.25) is 0 Å². The molecule has 7 aromatic carbocycles. The van der Waals surface area contributed by atoms with E-state index in [0.717, 1.165) is 73.2 Å². The van der Waals surface area contributed by atoms with E-state index >= 15 is 0 Å². The smallest absolute Gasteiger partial charge is 0.247 e. The van der Waals surface area contributed by atoms with E-state index in [1.165, 1.54) is 5.56 Å². The lowest BCUT2D eigenvalue weighted by Crippen LogP contribution is -2.15. The van der Waals surface area contributed by atoms with Gasteiger partial charge in [0.2, 0.25) is 11.6 Å². The molecule has 0 saturated heterocycles. The van der Waals surface area contributed by atoms with Crippen LogP contribution in [0.5, 0.6) is 5.75 Å². The number of pyridine rings is 1. The molecule has 2 atom stereocenters. The Morgan fingerprint density at radius 2 is 0.917 bits per heavy atom. The van der Waals surface area contributed by atoms with Gasteiger partial charge < -0.3 is 19.0 Å². The van der Waals surface area contributed by atoms with Crippen LogP contribution in [0.2, 0.25) is 0 Å². The minimum absolute atomic E-state index is 0.0829. The molecule has 0 fully saturated rings. The first-order valence-electron chi connectivity index (χ1n) is 20.2. The number of oxazole rings is 1. The molecule has 2 aliphatic rings. The second kappa shape index (κ2) is 15.1. The van der Waals surface area contributed by atoms with E-state index < -0.39 is 0 Å². The van der Waals surface area contributed by atoms with Crippen LogP contribution in [0.1, 0.15) is 11.5 Å². The van der Waals surface area contributed by atoms with Crippen LogP contribution >= 0.6 is 0 Å². The van der Waals surface area contributed by atoms with Gasteiger partial charge in [0.25, 0.3) is 0 Å². The first kappa shape index (κ1) is 35.2. The van der Waals surface area contributed by atoms with E-state index in [1.54, 1.807) is 6.20 Å². The molecule has 0 saturated carbocycles. The fourth-order valence-corrected chi connectivity index (χ4v) is 8.32. The summed E-state index contributed by atoms with van der Waals surface area (Å²) < 4.78 is 12.3. The Morgan fingerprint density at radius 3 is 1.47 bits per heavy atom. The molecule has 11 rings (SSSR count). The molecule has 60 heavy (non-hydrogen) atoms. The summed E-state index contributed by atoms with van der Waals surface area (Å²) in [7, 11) is 0. The number of benzene rings is 7. The van der Waals surface area contributed by atoms with E-state index in [4.69, 9.17) is 9.15 Å². The minimum Gasteiger partial charge on any atom is -0.485 e. The summed E-state index contributed by atoms with van der Waals surface area (Å²) in [5, 5.41) is 0. The Balaban J connectivity index is 0.855. The summed E-state index contributed by atoms with van der Waals surface area (Å²) in [6, 6.07) is 66.0. The van der Waals surface area contributed by atoms with E-state index in [1.807, 2.05) is 30.3 Å². The van der Waals surface area contributed by atoms with E-state index in [0.29, 0.717) is 17.5 Å². The van der Waals surface area contributed by atoms with Gasteiger partial charge in [0.1, 0.15) is 17.4 Å². The molecule has 2 unspecified atom stereocenters. The van der Waals surface area contributed by atoms with Crippen molar-refractivity contribution in [2.75, 3.05) is 9.80 Å².